The van der Waals surface area contributed by atoms with Crippen LogP contribution >= 0.6 is 0 Å². The van der Waals surface area contributed by atoms with Crippen molar-refractivity contribution in [1.29, 1.82) is 0 Å². The summed E-state index contributed by atoms with van der Waals surface area (Å²) in [7, 11) is 0. The number of rotatable bonds is 1. The van der Waals surface area contributed by atoms with Gasteiger partial charge in [-0.05, 0) is 19.3 Å². The van der Waals surface area contributed by atoms with Gasteiger partial charge >= 0.3 is 0 Å². The Morgan fingerprint density at radius 1 is 0.833 bits per heavy atom. The maximum absolute atomic E-state index is 12.3. The second kappa shape index (κ2) is 4.48. The van der Waals surface area contributed by atoms with E-state index in [1.807, 2.05) is 0 Å². The molecule has 0 aromatic carbocycles. The Labute approximate surface area is 107 Å². The number of carbonyl (C=O) groups excluding carboxylic acids is 3. The zero-order valence-electron chi connectivity index (χ0n) is 10.6. The molecule has 2 aliphatic carbocycles. The van der Waals surface area contributed by atoms with Crippen LogP contribution in [-0.4, -0.2) is 28.5 Å². The van der Waals surface area contributed by atoms with Crippen LogP contribution in [0.15, 0.2) is 0 Å². The Kier molecular flexibility index (Phi) is 2.96. The van der Waals surface area contributed by atoms with E-state index < -0.39 is 0 Å². The van der Waals surface area contributed by atoms with E-state index in [0.717, 1.165) is 25.7 Å². The van der Waals surface area contributed by atoms with Gasteiger partial charge in [0.05, 0.1) is 11.8 Å². The van der Waals surface area contributed by atoms with Crippen molar-refractivity contribution in [2.45, 2.75) is 57.4 Å². The number of likely N-dealkylation sites (tertiary alicyclic amines) is 1. The van der Waals surface area contributed by atoms with Crippen LogP contribution in [-0.2, 0) is 14.4 Å². The molecule has 0 N–H and O–H groups in total. The summed E-state index contributed by atoms with van der Waals surface area (Å²) in [5, 5.41) is 0. The second-order valence-corrected chi connectivity index (χ2v) is 5.83. The number of nitrogens with zero attached hydrogens (tertiary/aromatic N) is 1. The zero-order chi connectivity index (χ0) is 12.7. The number of fused-ring (bicyclic) bond motifs is 1. The largest absolute Gasteiger partial charge is 0.300 e. The smallest absolute Gasteiger partial charge is 0.233 e. The van der Waals surface area contributed by atoms with E-state index in [9.17, 15) is 14.4 Å². The summed E-state index contributed by atoms with van der Waals surface area (Å²) < 4.78 is 0. The standard InChI is InChI=1S/C14H19NO3/c16-10-6-7-11-12(8-10)14(18)15(13(11)17)9-4-2-1-3-5-9/h9,11-12H,1-8H2/t11-,12-/m0/s1. The van der Waals surface area contributed by atoms with E-state index in [0.29, 0.717) is 19.3 Å². The van der Waals surface area contributed by atoms with E-state index in [-0.39, 0.29) is 35.5 Å². The molecule has 0 aromatic rings. The highest BCUT2D eigenvalue weighted by Gasteiger charge is 2.51. The third-order valence-electron chi connectivity index (χ3n) is 4.72. The zero-order valence-corrected chi connectivity index (χ0v) is 10.6. The molecule has 3 fully saturated rings. The van der Waals surface area contributed by atoms with Gasteiger partial charge in [0.1, 0.15) is 5.78 Å². The van der Waals surface area contributed by atoms with Crippen molar-refractivity contribution in [3.8, 4) is 0 Å². The minimum atomic E-state index is -0.333. The van der Waals surface area contributed by atoms with E-state index >= 15 is 0 Å². The number of imide groups is 1. The molecule has 2 amide bonds. The first-order valence-electron chi connectivity index (χ1n) is 7.07. The van der Waals surface area contributed by atoms with Crippen LogP contribution in [0.4, 0.5) is 0 Å². The minimum absolute atomic E-state index is 0.00407. The summed E-state index contributed by atoms with van der Waals surface area (Å²) >= 11 is 0. The Balaban J connectivity index is 1.81. The first kappa shape index (κ1) is 11.9. The molecule has 1 saturated heterocycles. The lowest BCUT2D eigenvalue weighted by Crippen LogP contribution is -2.41. The molecule has 0 aromatic heterocycles. The molecule has 18 heavy (non-hydrogen) atoms. The molecule has 0 unspecified atom stereocenters. The molecule has 4 heteroatoms. The average Bonchev–Trinajstić information content (AvgIpc) is 2.63. The Morgan fingerprint density at radius 3 is 2.22 bits per heavy atom. The second-order valence-electron chi connectivity index (χ2n) is 5.83. The van der Waals surface area contributed by atoms with Gasteiger partial charge in [0, 0.05) is 18.9 Å². The minimum Gasteiger partial charge on any atom is -0.300 e. The fraction of sp³-hybridized carbons (Fsp3) is 0.786. The van der Waals surface area contributed by atoms with Gasteiger partial charge < -0.3 is 0 Å². The van der Waals surface area contributed by atoms with Gasteiger partial charge in [-0.3, -0.25) is 19.3 Å². The number of ketones is 1. The molecular formula is C14H19NO3. The highest BCUT2D eigenvalue weighted by molar-refractivity contribution is 6.07. The summed E-state index contributed by atoms with van der Waals surface area (Å²) in [6, 6.07) is 0.111. The van der Waals surface area contributed by atoms with Crippen LogP contribution in [0.5, 0.6) is 0 Å². The number of hydrogen-bond donors (Lipinski definition) is 0. The Morgan fingerprint density at radius 2 is 1.50 bits per heavy atom. The molecule has 0 bridgehead atoms. The fourth-order valence-electron chi connectivity index (χ4n) is 3.73. The molecule has 0 radical (unpaired) electrons. The van der Waals surface area contributed by atoms with Crippen LogP contribution in [0.3, 0.4) is 0 Å². The average molecular weight is 249 g/mol. The Hall–Kier alpha value is -1.19. The number of hydrogen-bond acceptors (Lipinski definition) is 3. The number of Topliss-reactive ketones (excluding diaryl/α,β-unsaturated/α-hetero) is 1. The molecule has 0 spiro atoms. The Bertz CT molecular complexity index is 398. The monoisotopic (exact) mass is 249 g/mol. The quantitative estimate of drug-likeness (QED) is 0.664. The van der Waals surface area contributed by atoms with Crippen molar-refractivity contribution in [3.63, 3.8) is 0 Å². The lowest BCUT2D eigenvalue weighted by molar-refractivity contribution is -0.143. The summed E-state index contributed by atoms with van der Waals surface area (Å²) in [6.45, 7) is 0. The van der Waals surface area contributed by atoms with Crippen molar-refractivity contribution in [3.05, 3.63) is 0 Å². The van der Waals surface area contributed by atoms with Gasteiger partial charge in [-0.1, -0.05) is 19.3 Å². The topological polar surface area (TPSA) is 54.5 Å². The maximum Gasteiger partial charge on any atom is 0.233 e. The predicted molar refractivity (Wildman–Crippen MR) is 64.6 cm³/mol. The first-order valence-corrected chi connectivity index (χ1v) is 7.07. The van der Waals surface area contributed by atoms with Gasteiger partial charge in [0.15, 0.2) is 0 Å². The molecular weight excluding hydrogens is 230 g/mol. The predicted octanol–water partition coefficient (Wildman–Crippen LogP) is 1.67. The highest BCUT2D eigenvalue weighted by Crippen LogP contribution is 2.39. The van der Waals surface area contributed by atoms with Gasteiger partial charge in [-0.2, -0.15) is 0 Å². The SMILES string of the molecule is O=C1CC[C@@H]2C(=O)N(C3CCCCC3)C(=O)[C@H]2C1. The number of amides is 2. The fourth-order valence-corrected chi connectivity index (χ4v) is 3.73. The molecule has 2 saturated carbocycles. The van der Waals surface area contributed by atoms with Crippen LogP contribution < -0.4 is 0 Å². The molecule has 3 aliphatic rings. The first-order chi connectivity index (χ1) is 8.68. The summed E-state index contributed by atoms with van der Waals surface area (Å²) in [5.74, 6) is -0.449. The van der Waals surface area contributed by atoms with E-state index in [4.69, 9.17) is 0 Å². The lowest BCUT2D eigenvalue weighted by atomic mass is 9.80. The summed E-state index contributed by atoms with van der Waals surface area (Å²) in [6.07, 6.45) is 6.66. The maximum atomic E-state index is 12.3. The van der Waals surface area contributed by atoms with Gasteiger partial charge in [-0.15, -0.1) is 0 Å². The van der Waals surface area contributed by atoms with Crippen molar-refractivity contribution in [1.82, 2.24) is 4.90 Å². The molecule has 1 heterocycles. The van der Waals surface area contributed by atoms with Gasteiger partial charge in [0.25, 0.3) is 0 Å². The van der Waals surface area contributed by atoms with Crippen LogP contribution in [0.2, 0.25) is 0 Å². The van der Waals surface area contributed by atoms with Crippen LogP contribution in [0.25, 0.3) is 0 Å². The third-order valence-corrected chi connectivity index (χ3v) is 4.72. The third kappa shape index (κ3) is 1.78. The van der Waals surface area contributed by atoms with Crippen molar-refractivity contribution in [2.75, 3.05) is 0 Å². The molecule has 98 valence electrons. The van der Waals surface area contributed by atoms with Gasteiger partial charge in [-0.25, -0.2) is 0 Å². The van der Waals surface area contributed by atoms with E-state index in [1.54, 1.807) is 0 Å². The van der Waals surface area contributed by atoms with Crippen molar-refractivity contribution < 1.29 is 14.4 Å². The van der Waals surface area contributed by atoms with E-state index in [2.05, 4.69) is 0 Å². The summed E-state index contributed by atoms with van der Waals surface area (Å²) in [5.41, 5.74) is 0. The number of carbonyl (C=O) groups is 3. The molecule has 2 atom stereocenters. The highest BCUT2D eigenvalue weighted by atomic mass is 16.2. The lowest BCUT2D eigenvalue weighted by Gasteiger charge is -2.29. The van der Waals surface area contributed by atoms with Gasteiger partial charge in [0.2, 0.25) is 11.8 Å². The van der Waals surface area contributed by atoms with Crippen LogP contribution in [0, 0.1) is 11.8 Å². The molecule has 3 rings (SSSR count). The van der Waals surface area contributed by atoms with E-state index in [1.165, 1.54) is 11.3 Å². The molecule has 4 nitrogen and oxygen atoms in total. The van der Waals surface area contributed by atoms with Crippen molar-refractivity contribution in [2.24, 2.45) is 11.8 Å². The van der Waals surface area contributed by atoms with Crippen molar-refractivity contribution >= 4 is 17.6 Å². The normalized spacial score (nSPS) is 34.0. The van der Waals surface area contributed by atoms with Crippen LogP contribution in [0.1, 0.15) is 51.4 Å². The molecule has 1 aliphatic heterocycles. The summed E-state index contributed by atoms with van der Waals surface area (Å²) in [4.78, 5) is 37.7.